The minimum absolute atomic E-state index is 0.561. The minimum atomic E-state index is -3.92. The predicted molar refractivity (Wildman–Crippen MR) is 144 cm³/mol. The van der Waals surface area contributed by atoms with Gasteiger partial charge in [-0.2, -0.15) is 0 Å². The summed E-state index contributed by atoms with van der Waals surface area (Å²) in [6, 6.07) is 3.78. The molecule has 196 valence electrons. The molecule has 1 rings (SSSR count). The Morgan fingerprint density at radius 1 is 1.00 bits per heavy atom. The molecular weight excluding hydrogens is 495 g/mol. The van der Waals surface area contributed by atoms with E-state index in [0.29, 0.717) is 28.7 Å². The van der Waals surface area contributed by atoms with E-state index >= 15 is 0 Å². The van der Waals surface area contributed by atoms with Gasteiger partial charge in [0.25, 0.3) is 0 Å². The van der Waals surface area contributed by atoms with Crippen LogP contribution >= 0.6 is 23.2 Å². The second kappa shape index (κ2) is 17.3. The molecule has 6 nitrogen and oxygen atoms in total. The van der Waals surface area contributed by atoms with Crippen molar-refractivity contribution in [1.82, 2.24) is 0 Å². The fourth-order valence-corrected chi connectivity index (χ4v) is 4.21. The Morgan fingerprint density at radius 3 is 1.88 bits per heavy atom. The molecule has 0 amide bonds. The summed E-state index contributed by atoms with van der Waals surface area (Å²) < 4.78 is 34.3. The number of ether oxygens (including phenoxy) is 1. The Kier molecular flexibility index (Phi) is 16.7. The molecule has 0 aliphatic rings. The summed E-state index contributed by atoms with van der Waals surface area (Å²) in [6.45, 7) is 9.84. The van der Waals surface area contributed by atoms with Crippen LogP contribution in [0.2, 0.25) is 10.0 Å². The number of hydrogen-bond donors (Lipinski definition) is 0. The smallest absolute Gasteiger partial charge is 0.156 e. The summed E-state index contributed by atoms with van der Waals surface area (Å²) in [5.41, 5.74) is 0.967. The van der Waals surface area contributed by atoms with Gasteiger partial charge in [-0.25, -0.2) is 8.42 Å². The van der Waals surface area contributed by atoms with Crippen LogP contribution in [0.5, 0.6) is 5.75 Å². The third-order valence-electron chi connectivity index (χ3n) is 5.48. The lowest BCUT2D eigenvalue weighted by atomic mass is 10.1. The fourth-order valence-electron chi connectivity index (χ4n) is 3.63. The number of benzene rings is 1. The van der Waals surface area contributed by atoms with Gasteiger partial charge in [0, 0.05) is 26.0 Å². The van der Waals surface area contributed by atoms with Gasteiger partial charge in [-0.3, -0.25) is 0 Å². The van der Waals surface area contributed by atoms with Crippen LogP contribution in [0, 0.1) is 12.3 Å². The molecule has 0 atom stereocenters. The highest BCUT2D eigenvalue weighted by molar-refractivity contribution is 7.84. The number of hydrogen-bond acceptors (Lipinski definition) is 5. The first-order valence-electron chi connectivity index (χ1n) is 11.9. The highest BCUT2D eigenvalue weighted by atomic mass is 35.5. The van der Waals surface area contributed by atoms with Gasteiger partial charge in [-0.1, -0.05) is 49.9 Å². The monoisotopic (exact) mass is 536 g/mol. The fraction of sp³-hybridized carbons (Fsp3) is 0.680. The van der Waals surface area contributed by atoms with Gasteiger partial charge >= 0.3 is 0 Å². The maximum absolute atomic E-state index is 9.08. The first-order valence-corrected chi connectivity index (χ1v) is 14.4. The largest absolute Gasteiger partial charge is 0.748 e. The van der Waals surface area contributed by atoms with Crippen LogP contribution < -0.4 is 9.64 Å². The highest BCUT2D eigenvalue weighted by Gasteiger charge is 2.25. The van der Waals surface area contributed by atoms with Crippen molar-refractivity contribution in [2.24, 2.45) is 0 Å². The zero-order chi connectivity index (χ0) is 26.2. The molecule has 0 spiro atoms. The van der Waals surface area contributed by atoms with E-state index in [9.17, 15) is 0 Å². The molecule has 0 bridgehead atoms. The third-order valence-corrected chi connectivity index (χ3v) is 6.04. The maximum atomic E-state index is 9.08. The lowest BCUT2D eigenvalue weighted by Gasteiger charge is -2.39. The average molecular weight is 538 g/mol. The Labute approximate surface area is 217 Å². The van der Waals surface area contributed by atoms with Gasteiger partial charge < -0.3 is 18.7 Å². The summed E-state index contributed by atoms with van der Waals surface area (Å²) in [6.07, 6.45) is 14.1. The number of quaternary nitrogens is 1. The lowest BCUT2D eigenvalue weighted by molar-refractivity contribution is -0.928. The predicted octanol–water partition coefficient (Wildman–Crippen LogP) is 5.82. The second-order valence-corrected chi connectivity index (χ2v) is 11.0. The molecule has 0 aromatic heterocycles. The zero-order valence-corrected chi connectivity index (χ0v) is 23.7. The van der Waals surface area contributed by atoms with Crippen molar-refractivity contribution in [3.8, 4) is 18.1 Å². The average Bonchev–Trinajstić information content (AvgIpc) is 2.74. The van der Waals surface area contributed by atoms with Crippen LogP contribution in [0.15, 0.2) is 12.1 Å². The lowest BCUT2D eigenvalue weighted by Crippen LogP contribution is -2.50. The topological polar surface area (TPSA) is 69.7 Å². The molecule has 0 aliphatic heterocycles. The quantitative estimate of drug-likeness (QED) is 0.122. The van der Waals surface area contributed by atoms with Crippen molar-refractivity contribution in [3.63, 3.8) is 0 Å². The first-order chi connectivity index (χ1) is 15.9. The van der Waals surface area contributed by atoms with Crippen LogP contribution in [0.25, 0.3) is 0 Å². The number of anilines is 1. The van der Waals surface area contributed by atoms with Crippen LogP contribution in [0.3, 0.4) is 0 Å². The van der Waals surface area contributed by atoms with Gasteiger partial charge in [0.15, 0.2) is 5.75 Å². The molecule has 0 saturated carbocycles. The summed E-state index contributed by atoms with van der Waals surface area (Å²) in [5, 5.41) is 1.12. The number of rotatable bonds is 15. The van der Waals surface area contributed by atoms with E-state index in [1.165, 1.54) is 38.8 Å². The van der Waals surface area contributed by atoms with Gasteiger partial charge in [-0.05, 0) is 37.8 Å². The molecule has 34 heavy (non-hydrogen) atoms. The van der Waals surface area contributed by atoms with E-state index in [2.05, 4.69) is 19.8 Å². The number of halogens is 2. The highest BCUT2D eigenvalue weighted by Crippen LogP contribution is 2.36. The van der Waals surface area contributed by atoms with E-state index in [1.807, 2.05) is 31.1 Å². The Balaban J connectivity index is 0.00000196. The molecule has 0 N–H and O–H groups in total. The van der Waals surface area contributed by atoms with Crippen LogP contribution in [-0.4, -0.2) is 70.6 Å². The van der Waals surface area contributed by atoms with Crippen molar-refractivity contribution in [2.75, 3.05) is 58.0 Å². The molecule has 0 unspecified atom stereocenters. The first kappa shape index (κ1) is 32.8. The molecule has 0 aliphatic carbocycles. The minimum Gasteiger partial charge on any atom is -0.748 e. The zero-order valence-electron chi connectivity index (χ0n) is 21.4. The Bertz CT molecular complexity index is 816. The Hall–Kier alpha value is -1.17. The molecule has 0 fully saturated rings. The number of terminal acetylenes is 1. The van der Waals surface area contributed by atoms with Crippen molar-refractivity contribution in [2.45, 2.75) is 58.8 Å². The van der Waals surface area contributed by atoms with Gasteiger partial charge in [-0.15, -0.1) is 12.3 Å². The van der Waals surface area contributed by atoms with Crippen molar-refractivity contribution in [3.05, 3.63) is 22.2 Å². The van der Waals surface area contributed by atoms with Gasteiger partial charge in [0.2, 0.25) is 0 Å². The number of unbranched alkanes of at least 4 members (excludes halogenated alkanes) is 3. The standard InChI is InChI=1S/C24H39Cl2N2O.CH4O3S/c1-6-9-14-28(15-10-7-2,16-11-8-3)17-12-13-18-29-24-22(25)19-21(27(4)5)20-23(24)26;1-5(2,3)4/h1,19-20H,7-18H2,2-5H3;1H3,(H,2,3,4)/q+1;/p-1. The van der Waals surface area contributed by atoms with E-state index < -0.39 is 10.1 Å². The van der Waals surface area contributed by atoms with E-state index in [4.69, 9.17) is 47.3 Å². The van der Waals surface area contributed by atoms with Crippen LogP contribution in [0.4, 0.5) is 5.69 Å². The molecule has 1 aromatic rings. The van der Waals surface area contributed by atoms with E-state index in [-0.39, 0.29) is 0 Å². The van der Waals surface area contributed by atoms with Gasteiger partial charge in [0.05, 0.1) is 59.4 Å². The van der Waals surface area contributed by atoms with Crippen molar-refractivity contribution >= 4 is 39.0 Å². The SMILES string of the molecule is C#CCC[N+](CCCC)(CCCC)CCCCOc1c(Cl)cc(N(C)C)cc1Cl.CS(=O)(=O)[O-]. The molecule has 0 saturated heterocycles. The van der Waals surface area contributed by atoms with Crippen molar-refractivity contribution in [1.29, 1.82) is 0 Å². The molecule has 1 aromatic carbocycles. The third kappa shape index (κ3) is 15.0. The van der Waals surface area contributed by atoms with Crippen LogP contribution in [0.1, 0.15) is 58.8 Å². The summed E-state index contributed by atoms with van der Waals surface area (Å²) in [7, 11) is 0.00852. The summed E-state index contributed by atoms with van der Waals surface area (Å²) in [4.78, 5) is 1.97. The molecule has 9 heteroatoms. The van der Waals surface area contributed by atoms with Crippen LogP contribution in [-0.2, 0) is 10.1 Å². The van der Waals surface area contributed by atoms with Gasteiger partial charge in [0.1, 0.15) is 0 Å². The molecule has 0 heterocycles. The normalized spacial score (nSPS) is 11.4. The molecular formula is C25H42Cl2N2O4S. The number of nitrogens with zero attached hydrogens (tertiary/aromatic N) is 2. The summed E-state index contributed by atoms with van der Waals surface area (Å²) >= 11 is 12.8. The Morgan fingerprint density at radius 2 is 1.47 bits per heavy atom. The van der Waals surface area contributed by atoms with E-state index in [0.717, 1.165) is 42.5 Å². The second-order valence-electron chi connectivity index (χ2n) is 8.79. The maximum Gasteiger partial charge on any atom is 0.156 e. The molecule has 0 radical (unpaired) electrons. The van der Waals surface area contributed by atoms with Crippen molar-refractivity contribution < 1.29 is 22.2 Å². The summed E-state index contributed by atoms with van der Waals surface area (Å²) in [5.74, 6) is 3.44. The van der Waals surface area contributed by atoms with E-state index in [1.54, 1.807) is 0 Å².